The summed E-state index contributed by atoms with van der Waals surface area (Å²) in [5, 5.41) is 3.10. The number of hydrogen-bond acceptors (Lipinski definition) is 5. The van der Waals surface area contributed by atoms with Crippen LogP contribution in [0, 0.1) is 0 Å². The normalized spacial score (nSPS) is 15.4. The molecule has 0 saturated heterocycles. The second-order valence-electron chi connectivity index (χ2n) is 7.32. The summed E-state index contributed by atoms with van der Waals surface area (Å²) in [6, 6.07) is 17.7. The number of fused-ring (bicyclic) bond motifs is 1. The molecule has 3 rings (SSSR count). The molecule has 1 atom stereocenters. The number of para-hydroxylation sites is 3. The predicted molar refractivity (Wildman–Crippen MR) is 118 cm³/mol. The van der Waals surface area contributed by atoms with Gasteiger partial charge in [0.05, 0.1) is 25.4 Å². The van der Waals surface area contributed by atoms with Crippen LogP contribution in [0.4, 0.5) is 5.69 Å². The summed E-state index contributed by atoms with van der Waals surface area (Å²) >= 11 is 0. The first-order valence-electron chi connectivity index (χ1n) is 10.8. The maximum Gasteiger partial charge on any atom is 0.263 e. The van der Waals surface area contributed by atoms with Crippen molar-refractivity contribution in [3.63, 3.8) is 0 Å². The number of nitrogens with zero attached hydrogens (tertiary/aromatic N) is 1. The van der Waals surface area contributed by atoms with Gasteiger partial charge in [0.2, 0.25) is 0 Å². The van der Waals surface area contributed by atoms with Gasteiger partial charge in [-0.05, 0) is 37.1 Å². The average molecular weight is 413 g/mol. The summed E-state index contributed by atoms with van der Waals surface area (Å²) in [5.41, 5.74) is 0.994. The highest BCUT2D eigenvalue weighted by Gasteiger charge is 2.31. The van der Waals surface area contributed by atoms with Crippen LogP contribution in [0.25, 0.3) is 0 Å². The summed E-state index contributed by atoms with van der Waals surface area (Å²) < 4.78 is 17.4. The lowest BCUT2D eigenvalue weighted by Gasteiger charge is -2.36. The van der Waals surface area contributed by atoms with E-state index in [4.69, 9.17) is 14.2 Å². The van der Waals surface area contributed by atoms with Crippen molar-refractivity contribution in [3.05, 3.63) is 54.6 Å². The van der Waals surface area contributed by atoms with Crippen molar-refractivity contribution >= 4 is 11.6 Å². The standard InChI is InChI=1S/C24H32N2O4/c1-3-19(4-2)25-24(27)23-18-26(21-12-8-9-13-22(21)30-23)14-15-28-16-17-29-20-10-6-5-7-11-20/h5-13,19,23H,3-4,14-18H2,1-2H3,(H,25,27). The van der Waals surface area contributed by atoms with Crippen LogP contribution in [0.3, 0.4) is 0 Å². The molecule has 0 spiro atoms. The molecule has 1 aliphatic heterocycles. The van der Waals surface area contributed by atoms with E-state index in [2.05, 4.69) is 24.1 Å². The largest absolute Gasteiger partial charge is 0.491 e. The molecule has 1 amide bonds. The van der Waals surface area contributed by atoms with Crippen LogP contribution in [0.1, 0.15) is 26.7 Å². The van der Waals surface area contributed by atoms with Crippen LogP contribution in [0.2, 0.25) is 0 Å². The smallest absolute Gasteiger partial charge is 0.263 e. The minimum Gasteiger partial charge on any atom is -0.491 e. The van der Waals surface area contributed by atoms with Crippen molar-refractivity contribution in [3.8, 4) is 11.5 Å². The summed E-state index contributed by atoms with van der Waals surface area (Å²) in [5.74, 6) is 1.52. The molecule has 1 unspecified atom stereocenters. The number of nitrogens with one attached hydrogen (secondary N) is 1. The van der Waals surface area contributed by atoms with Gasteiger partial charge in [0.15, 0.2) is 6.10 Å². The van der Waals surface area contributed by atoms with Gasteiger partial charge in [-0.1, -0.05) is 44.2 Å². The first kappa shape index (κ1) is 22.0. The number of amides is 1. The highest BCUT2D eigenvalue weighted by molar-refractivity contribution is 5.83. The van der Waals surface area contributed by atoms with Crippen LogP contribution < -0.4 is 19.7 Å². The fraction of sp³-hybridized carbons (Fsp3) is 0.458. The zero-order valence-electron chi connectivity index (χ0n) is 17.9. The fourth-order valence-corrected chi connectivity index (χ4v) is 3.45. The maximum atomic E-state index is 12.7. The Kier molecular flexibility index (Phi) is 8.39. The molecule has 0 fully saturated rings. The first-order chi connectivity index (χ1) is 14.7. The predicted octanol–water partition coefficient (Wildman–Crippen LogP) is 3.65. The Morgan fingerprint density at radius 3 is 2.57 bits per heavy atom. The Balaban J connectivity index is 1.49. The number of benzene rings is 2. The highest BCUT2D eigenvalue weighted by atomic mass is 16.5. The van der Waals surface area contributed by atoms with Crippen molar-refractivity contribution in [1.82, 2.24) is 5.32 Å². The minimum atomic E-state index is -0.526. The Labute approximate surface area is 179 Å². The number of rotatable bonds is 11. The maximum absolute atomic E-state index is 12.7. The summed E-state index contributed by atoms with van der Waals surface area (Å²) in [6.07, 6.45) is 1.30. The van der Waals surface area contributed by atoms with Crippen LogP contribution in [-0.4, -0.2) is 51.0 Å². The molecule has 0 aliphatic carbocycles. The lowest BCUT2D eigenvalue weighted by molar-refractivity contribution is -0.128. The molecule has 1 aliphatic rings. The van der Waals surface area contributed by atoms with E-state index in [0.29, 0.717) is 32.9 Å². The number of carbonyl (C=O) groups is 1. The third kappa shape index (κ3) is 6.13. The Morgan fingerprint density at radius 2 is 1.80 bits per heavy atom. The molecule has 30 heavy (non-hydrogen) atoms. The average Bonchev–Trinajstić information content (AvgIpc) is 2.80. The lowest BCUT2D eigenvalue weighted by Crippen LogP contribution is -2.51. The second kappa shape index (κ2) is 11.5. The molecule has 1 N–H and O–H groups in total. The first-order valence-corrected chi connectivity index (χ1v) is 10.8. The molecule has 162 valence electrons. The van der Waals surface area contributed by atoms with Gasteiger partial charge in [0.1, 0.15) is 18.1 Å². The molecule has 0 aromatic heterocycles. The van der Waals surface area contributed by atoms with Crippen LogP contribution in [0.15, 0.2) is 54.6 Å². The van der Waals surface area contributed by atoms with Crippen LogP contribution in [-0.2, 0) is 9.53 Å². The third-order valence-corrected chi connectivity index (χ3v) is 5.23. The SMILES string of the molecule is CCC(CC)NC(=O)C1CN(CCOCCOc2ccccc2)c2ccccc2O1. The molecule has 0 bridgehead atoms. The van der Waals surface area contributed by atoms with Crippen molar-refractivity contribution in [2.75, 3.05) is 37.8 Å². The molecule has 1 heterocycles. The van der Waals surface area contributed by atoms with Gasteiger partial charge >= 0.3 is 0 Å². The number of ether oxygens (including phenoxy) is 3. The van der Waals surface area contributed by atoms with Crippen molar-refractivity contribution in [2.24, 2.45) is 0 Å². The number of carbonyl (C=O) groups excluding carboxylic acids is 1. The lowest BCUT2D eigenvalue weighted by atomic mass is 10.1. The van der Waals surface area contributed by atoms with E-state index >= 15 is 0 Å². The zero-order chi connectivity index (χ0) is 21.2. The van der Waals surface area contributed by atoms with Gasteiger partial charge in [-0.3, -0.25) is 4.79 Å². The summed E-state index contributed by atoms with van der Waals surface area (Å²) in [6.45, 7) is 6.91. The highest BCUT2D eigenvalue weighted by Crippen LogP contribution is 2.32. The molecule has 2 aromatic carbocycles. The summed E-state index contributed by atoms with van der Waals surface area (Å²) in [4.78, 5) is 14.9. The van der Waals surface area contributed by atoms with E-state index in [1.807, 2.05) is 54.6 Å². The van der Waals surface area contributed by atoms with Gasteiger partial charge in [-0.2, -0.15) is 0 Å². The quantitative estimate of drug-likeness (QED) is 0.571. The van der Waals surface area contributed by atoms with E-state index in [9.17, 15) is 4.79 Å². The molecule has 2 aromatic rings. The van der Waals surface area contributed by atoms with Crippen LogP contribution in [0.5, 0.6) is 11.5 Å². The van der Waals surface area contributed by atoms with E-state index < -0.39 is 6.10 Å². The van der Waals surface area contributed by atoms with Crippen LogP contribution >= 0.6 is 0 Å². The second-order valence-corrected chi connectivity index (χ2v) is 7.32. The third-order valence-electron chi connectivity index (χ3n) is 5.23. The molecular weight excluding hydrogens is 380 g/mol. The Bertz CT molecular complexity index is 780. The molecule has 0 saturated carbocycles. The minimum absolute atomic E-state index is 0.0552. The molecule has 6 nitrogen and oxygen atoms in total. The zero-order valence-corrected chi connectivity index (χ0v) is 17.9. The van der Waals surface area contributed by atoms with Crippen molar-refractivity contribution in [1.29, 1.82) is 0 Å². The van der Waals surface area contributed by atoms with Gasteiger partial charge in [0.25, 0.3) is 5.91 Å². The molecular formula is C24H32N2O4. The fourth-order valence-electron chi connectivity index (χ4n) is 3.45. The molecule has 6 heteroatoms. The van der Waals surface area contributed by atoms with Gasteiger partial charge in [-0.25, -0.2) is 0 Å². The topological polar surface area (TPSA) is 60.0 Å². The van der Waals surface area contributed by atoms with Gasteiger partial charge in [0, 0.05) is 12.6 Å². The Hall–Kier alpha value is -2.73. The van der Waals surface area contributed by atoms with E-state index in [-0.39, 0.29) is 11.9 Å². The summed E-state index contributed by atoms with van der Waals surface area (Å²) in [7, 11) is 0. The van der Waals surface area contributed by atoms with Gasteiger partial charge < -0.3 is 24.4 Å². The van der Waals surface area contributed by atoms with E-state index in [1.54, 1.807) is 0 Å². The van der Waals surface area contributed by atoms with Crippen molar-refractivity contribution in [2.45, 2.75) is 38.8 Å². The Morgan fingerprint density at radius 1 is 1.07 bits per heavy atom. The van der Waals surface area contributed by atoms with E-state index in [1.165, 1.54) is 0 Å². The monoisotopic (exact) mass is 412 g/mol. The molecule has 0 radical (unpaired) electrons. The van der Waals surface area contributed by atoms with E-state index in [0.717, 1.165) is 30.0 Å². The van der Waals surface area contributed by atoms with Gasteiger partial charge in [-0.15, -0.1) is 0 Å². The number of anilines is 1. The van der Waals surface area contributed by atoms with Crippen molar-refractivity contribution < 1.29 is 19.0 Å². The number of hydrogen-bond donors (Lipinski definition) is 1.